The highest BCUT2D eigenvalue weighted by Gasteiger charge is 2.23. The second-order valence-corrected chi connectivity index (χ2v) is 3.38. The molecule has 0 heterocycles. The molecule has 2 nitrogen and oxygen atoms in total. The molecule has 1 fully saturated rings. The van der Waals surface area contributed by atoms with Crippen LogP contribution in [0.25, 0.3) is 0 Å². The molecule has 0 spiro atoms. The maximum absolute atomic E-state index is 10.9. The molecule has 0 radical (unpaired) electrons. The van der Waals surface area contributed by atoms with E-state index in [2.05, 4.69) is 6.58 Å². The van der Waals surface area contributed by atoms with Gasteiger partial charge in [0, 0.05) is 12.8 Å². The van der Waals surface area contributed by atoms with Gasteiger partial charge < -0.3 is 4.74 Å². The van der Waals surface area contributed by atoms with E-state index in [0.717, 1.165) is 25.7 Å². The first-order valence-corrected chi connectivity index (χ1v) is 4.52. The van der Waals surface area contributed by atoms with E-state index >= 15 is 0 Å². The van der Waals surface area contributed by atoms with Gasteiger partial charge in [-0.05, 0) is 25.7 Å². The van der Waals surface area contributed by atoms with E-state index in [0.29, 0.717) is 11.7 Å². The maximum atomic E-state index is 10.9. The molecule has 1 atom stereocenters. The lowest BCUT2D eigenvalue weighted by atomic mass is 9.85. The fraction of sp³-hybridized carbons (Fsp3) is 0.700. The van der Waals surface area contributed by atoms with Gasteiger partial charge >= 0.3 is 0 Å². The van der Waals surface area contributed by atoms with Crippen LogP contribution in [-0.4, -0.2) is 11.9 Å². The van der Waals surface area contributed by atoms with Gasteiger partial charge in [0.2, 0.25) is 0 Å². The van der Waals surface area contributed by atoms with Gasteiger partial charge in [0.25, 0.3) is 0 Å². The van der Waals surface area contributed by atoms with Gasteiger partial charge in [0.05, 0.1) is 12.4 Å². The van der Waals surface area contributed by atoms with Crippen LogP contribution < -0.4 is 0 Å². The van der Waals surface area contributed by atoms with Crippen molar-refractivity contribution >= 4 is 5.78 Å². The predicted molar refractivity (Wildman–Crippen MR) is 47.7 cm³/mol. The molecule has 0 aromatic rings. The number of ether oxygens (including phenoxy) is 1. The first-order chi connectivity index (χ1) is 5.74. The Morgan fingerprint density at radius 3 is 2.67 bits per heavy atom. The summed E-state index contributed by atoms with van der Waals surface area (Å²) in [6.45, 7) is 5.57. The van der Waals surface area contributed by atoms with Crippen LogP contribution in [0.15, 0.2) is 12.8 Å². The lowest BCUT2D eigenvalue weighted by molar-refractivity contribution is -0.121. The third-order valence-electron chi connectivity index (χ3n) is 2.56. The molecule has 1 rings (SSSR count). The Hall–Kier alpha value is -0.790. The average Bonchev–Trinajstić information content (AvgIpc) is 2.06. The summed E-state index contributed by atoms with van der Waals surface area (Å²) in [7, 11) is 0. The van der Waals surface area contributed by atoms with E-state index < -0.39 is 0 Å². The fourth-order valence-electron chi connectivity index (χ4n) is 1.69. The summed E-state index contributed by atoms with van der Waals surface area (Å²) in [6, 6.07) is 0. The predicted octanol–water partition coefficient (Wildman–Crippen LogP) is 2.29. The van der Waals surface area contributed by atoms with Crippen molar-refractivity contribution in [3.63, 3.8) is 0 Å². The molecular formula is C10H16O2. The number of carbonyl (C=O) groups is 1. The average molecular weight is 168 g/mol. The molecule has 0 N–H and O–H groups in total. The van der Waals surface area contributed by atoms with E-state index in [1.54, 1.807) is 0 Å². The Morgan fingerprint density at radius 2 is 2.17 bits per heavy atom. The van der Waals surface area contributed by atoms with Crippen LogP contribution in [0.2, 0.25) is 0 Å². The molecule has 12 heavy (non-hydrogen) atoms. The summed E-state index contributed by atoms with van der Waals surface area (Å²) in [5.41, 5.74) is 0. The Bertz CT molecular complexity index is 165. The molecule has 0 amide bonds. The molecule has 1 saturated carbocycles. The highest BCUT2D eigenvalue weighted by molar-refractivity contribution is 5.79. The van der Waals surface area contributed by atoms with E-state index in [9.17, 15) is 4.79 Å². The summed E-state index contributed by atoms with van der Waals surface area (Å²) in [6.07, 6.45) is 5.13. The van der Waals surface area contributed by atoms with Gasteiger partial charge in [-0.1, -0.05) is 6.58 Å². The lowest BCUT2D eigenvalue weighted by Gasteiger charge is -2.26. The topological polar surface area (TPSA) is 26.3 Å². The van der Waals surface area contributed by atoms with Gasteiger partial charge in [-0.25, -0.2) is 0 Å². The Labute approximate surface area is 73.6 Å². The smallest absolute Gasteiger partial charge is 0.132 e. The van der Waals surface area contributed by atoms with Crippen molar-refractivity contribution in [2.24, 2.45) is 5.92 Å². The molecule has 1 unspecified atom stereocenters. The molecule has 0 saturated heterocycles. The summed E-state index contributed by atoms with van der Waals surface area (Å²) in [5, 5.41) is 0. The number of carbonyl (C=O) groups excluding carboxylic acids is 1. The van der Waals surface area contributed by atoms with Gasteiger partial charge in [-0.15, -0.1) is 0 Å². The van der Waals surface area contributed by atoms with Gasteiger partial charge in [0.1, 0.15) is 5.78 Å². The second kappa shape index (κ2) is 4.29. The highest BCUT2D eigenvalue weighted by Crippen LogP contribution is 2.25. The standard InChI is InChI=1S/C10H16O2/c1-3-12-8(2)9-4-6-10(11)7-5-9/h3,8-9H,1,4-7H2,2H3. The number of hydrogen-bond acceptors (Lipinski definition) is 2. The zero-order chi connectivity index (χ0) is 8.97. The zero-order valence-electron chi connectivity index (χ0n) is 7.58. The Kier molecular flexibility index (Phi) is 3.32. The molecule has 2 heteroatoms. The van der Waals surface area contributed by atoms with Crippen LogP contribution in [-0.2, 0) is 9.53 Å². The van der Waals surface area contributed by atoms with Crippen molar-refractivity contribution in [3.05, 3.63) is 12.8 Å². The third-order valence-corrected chi connectivity index (χ3v) is 2.56. The van der Waals surface area contributed by atoms with Crippen molar-refractivity contribution in [2.75, 3.05) is 0 Å². The maximum Gasteiger partial charge on any atom is 0.132 e. The SMILES string of the molecule is C=COC(C)C1CCC(=O)CC1. The van der Waals surface area contributed by atoms with Crippen LogP contribution in [0.1, 0.15) is 32.6 Å². The fourth-order valence-corrected chi connectivity index (χ4v) is 1.69. The molecule has 0 bridgehead atoms. The second-order valence-electron chi connectivity index (χ2n) is 3.38. The van der Waals surface area contributed by atoms with Gasteiger partial charge in [-0.3, -0.25) is 4.79 Å². The minimum Gasteiger partial charge on any atom is -0.499 e. The van der Waals surface area contributed by atoms with Crippen molar-refractivity contribution in [3.8, 4) is 0 Å². The van der Waals surface area contributed by atoms with Gasteiger partial charge in [0.15, 0.2) is 0 Å². The minimum atomic E-state index is 0.218. The van der Waals surface area contributed by atoms with Crippen molar-refractivity contribution in [1.29, 1.82) is 0 Å². The Balaban J connectivity index is 2.33. The van der Waals surface area contributed by atoms with Crippen LogP contribution >= 0.6 is 0 Å². The zero-order valence-corrected chi connectivity index (χ0v) is 7.58. The summed E-state index contributed by atoms with van der Waals surface area (Å²) in [5.74, 6) is 0.942. The molecule has 68 valence electrons. The van der Waals surface area contributed by atoms with E-state index in [1.165, 1.54) is 6.26 Å². The van der Waals surface area contributed by atoms with E-state index in [1.807, 2.05) is 6.92 Å². The quantitative estimate of drug-likeness (QED) is 0.604. The molecule has 0 aromatic carbocycles. The molecule has 0 aliphatic heterocycles. The highest BCUT2D eigenvalue weighted by atomic mass is 16.5. The summed E-state index contributed by atoms with van der Waals surface area (Å²) < 4.78 is 5.27. The van der Waals surface area contributed by atoms with E-state index in [-0.39, 0.29) is 6.10 Å². The number of ketones is 1. The van der Waals surface area contributed by atoms with Crippen molar-refractivity contribution < 1.29 is 9.53 Å². The van der Waals surface area contributed by atoms with Crippen molar-refractivity contribution in [2.45, 2.75) is 38.7 Å². The monoisotopic (exact) mass is 168 g/mol. The summed E-state index contributed by atoms with van der Waals surface area (Å²) in [4.78, 5) is 10.9. The first kappa shape index (κ1) is 9.30. The lowest BCUT2D eigenvalue weighted by Crippen LogP contribution is -2.24. The molecular weight excluding hydrogens is 152 g/mol. The Morgan fingerprint density at radius 1 is 1.58 bits per heavy atom. The van der Waals surface area contributed by atoms with Gasteiger partial charge in [-0.2, -0.15) is 0 Å². The normalized spacial score (nSPS) is 21.9. The largest absolute Gasteiger partial charge is 0.499 e. The van der Waals surface area contributed by atoms with Crippen LogP contribution in [0.5, 0.6) is 0 Å². The van der Waals surface area contributed by atoms with Crippen molar-refractivity contribution in [1.82, 2.24) is 0 Å². The molecule has 1 aliphatic carbocycles. The number of rotatable bonds is 3. The molecule has 1 aliphatic rings. The molecule has 0 aromatic heterocycles. The van der Waals surface area contributed by atoms with Crippen LogP contribution in [0, 0.1) is 5.92 Å². The van der Waals surface area contributed by atoms with E-state index in [4.69, 9.17) is 4.74 Å². The minimum absolute atomic E-state index is 0.218. The number of Topliss-reactive ketones (excluding diaryl/α,β-unsaturated/α-hetero) is 1. The summed E-state index contributed by atoms with van der Waals surface area (Å²) >= 11 is 0. The number of hydrogen-bond donors (Lipinski definition) is 0. The van der Waals surface area contributed by atoms with Crippen LogP contribution in [0.3, 0.4) is 0 Å². The first-order valence-electron chi connectivity index (χ1n) is 4.52. The third kappa shape index (κ3) is 2.36. The van der Waals surface area contributed by atoms with Crippen LogP contribution in [0.4, 0.5) is 0 Å².